The third kappa shape index (κ3) is 5.04. The Balaban J connectivity index is 0.00000200. The van der Waals surface area contributed by atoms with Gasteiger partial charge >= 0.3 is 0 Å². The van der Waals surface area contributed by atoms with Crippen LogP contribution in [0.1, 0.15) is 31.2 Å². The monoisotopic (exact) mass is 364 g/mol. The van der Waals surface area contributed by atoms with Crippen molar-refractivity contribution in [3.8, 4) is 0 Å². The number of benzene rings is 1. The van der Waals surface area contributed by atoms with Crippen molar-refractivity contribution in [1.29, 1.82) is 0 Å². The van der Waals surface area contributed by atoms with Gasteiger partial charge in [0.05, 0.1) is 10.9 Å². The molecule has 3 N–H and O–H groups in total. The number of amides is 1. The summed E-state index contributed by atoms with van der Waals surface area (Å²) in [5.41, 5.74) is 6.63. The van der Waals surface area contributed by atoms with E-state index in [2.05, 4.69) is 21.2 Å². The lowest BCUT2D eigenvalue weighted by Gasteiger charge is -2.26. The molecule has 1 aromatic rings. The smallest absolute Gasteiger partial charge is 0.224 e. The molecule has 0 aliphatic heterocycles. The minimum atomic E-state index is -0.314. The minimum absolute atomic E-state index is 0. The van der Waals surface area contributed by atoms with Crippen LogP contribution in [0.4, 0.5) is 4.39 Å². The summed E-state index contributed by atoms with van der Waals surface area (Å²) in [6.45, 7) is 0. The standard InChI is InChI=1S/C14H18BrFN2O.ClH/c15-12-7-9(1-6-13(12)16)8-14(19)18-11-4-2-10(17)3-5-11;/h1,6-7,10-11H,2-5,8,17H2,(H,18,19);1H. The second-order valence-electron chi connectivity index (χ2n) is 5.10. The van der Waals surface area contributed by atoms with E-state index in [4.69, 9.17) is 5.73 Å². The SMILES string of the molecule is Cl.NC1CCC(NC(=O)Cc2ccc(F)c(Br)c2)CC1. The van der Waals surface area contributed by atoms with Crippen molar-refractivity contribution in [3.05, 3.63) is 34.1 Å². The maximum Gasteiger partial charge on any atom is 0.224 e. The second-order valence-corrected chi connectivity index (χ2v) is 5.96. The van der Waals surface area contributed by atoms with Gasteiger partial charge in [-0.3, -0.25) is 4.79 Å². The molecule has 0 heterocycles. The predicted octanol–water partition coefficient (Wildman–Crippen LogP) is 2.94. The Hall–Kier alpha value is -0.650. The molecule has 2 rings (SSSR count). The fraction of sp³-hybridized carbons (Fsp3) is 0.500. The summed E-state index contributed by atoms with van der Waals surface area (Å²) in [5.74, 6) is -0.329. The Morgan fingerprint density at radius 2 is 2.00 bits per heavy atom. The highest BCUT2D eigenvalue weighted by atomic mass is 79.9. The summed E-state index contributed by atoms with van der Waals surface area (Å²) < 4.78 is 13.5. The molecule has 0 saturated heterocycles. The van der Waals surface area contributed by atoms with Crippen LogP contribution in [0, 0.1) is 5.82 Å². The van der Waals surface area contributed by atoms with E-state index in [0.717, 1.165) is 31.2 Å². The van der Waals surface area contributed by atoms with Crippen molar-refractivity contribution in [2.24, 2.45) is 5.73 Å². The number of hydrogen-bond donors (Lipinski definition) is 2. The van der Waals surface area contributed by atoms with E-state index in [9.17, 15) is 9.18 Å². The van der Waals surface area contributed by atoms with Crippen LogP contribution in [0.3, 0.4) is 0 Å². The molecule has 1 aliphatic rings. The first kappa shape index (κ1) is 17.4. The van der Waals surface area contributed by atoms with Gasteiger partial charge in [0, 0.05) is 12.1 Å². The molecule has 1 fully saturated rings. The lowest BCUT2D eigenvalue weighted by Crippen LogP contribution is -2.41. The number of halogens is 3. The molecule has 0 spiro atoms. The third-order valence-electron chi connectivity index (χ3n) is 3.49. The molecule has 0 unspecified atom stereocenters. The normalized spacial score (nSPS) is 21.9. The van der Waals surface area contributed by atoms with Gasteiger partial charge in [0.2, 0.25) is 5.91 Å². The quantitative estimate of drug-likeness (QED) is 0.865. The summed E-state index contributed by atoms with van der Waals surface area (Å²) in [5, 5.41) is 3.02. The molecule has 20 heavy (non-hydrogen) atoms. The second kappa shape index (κ2) is 7.96. The molecule has 112 valence electrons. The Bertz CT molecular complexity index is 464. The molecule has 0 atom stereocenters. The Kier molecular flexibility index (Phi) is 6.92. The first-order valence-corrected chi connectivity index (χ1v) is 7.33. The maximum atomic E-state index is 13.1. The zero-order valence-corrected chi connectivity index (χ0v) is 13.5. The van der Waals surface area contributed by atoms with E-state index in [-0.39, 0.29) is 42.6 Å². The molecule has 1 aromatic carbocycles. The number of nitrogens with one attached hydrogen (secondary N) is 1. The third-order valence-corrected chi connectivity index (χ3v) is 4.09. The van der Waals surface area contributed by atoms with Gasteiger partial charge < -0.3 is 11.1 Å². The van der Waals surface area contributed by atoms with Crippen molar-refractivity contribution in [2.45, 2.75) is 44.2 Å². The Morgan fingerprint density at radius 1 is 1.35 bits per heavy atom. The van der Waals surface area contributed by atoms with Gasteiger partial charge in [-0.15, -0.1) is 12.4 Å². The largest absolute Gasteiger partial charge is 0.353 e. The van der Waals surface area contributed by atoms with Gasteiger partial charge in [0.15, 0.2) is 0 Å². The van der Waals surface area contributed by atoms with Gasteiger partial charge in [0.25, 0.3) is 0 Å². The van der Waals surface area contributed by atoms with E-state index < -0.39 is 0 Å². The highest BCUT2D eigenvalue weighted by Crippen LogP contribution is 2.19. The number of rotatable bonds is 3. The van der Waals surface area contributed by atoms with Crippen molar-refractivity contribution in [3.63, 3.8) is 0 Å². The van der Waals surface area contributed by atoms with Crippen LogP contribution in [0.2, 0.25) is 0 Å². The van der Waals surface area contributed by atoms with Crippen LogP contribution in [0.25, 0.3) is 0 Å². The highest BCUT2D eigenvalue weighted by Gasteiger charge is 2.20. The number of carbonyl (C=O) groups is 1. The first-order chi connectivity index (χ1) is 9.04. The Labute approximate surface area is 133 Å². The lowest BCUT2D eigenvalue weighted by molar-refractivity contribution is -0.121. The fourth-order valence-corrected chi connectivity index (χ4v) is 2.80. The summed E-state index contributed by atoms with van der Waals surface area (Å²) in [7, 11) is 0. The summed E-state index contributed by atoms with van der Waals surface area (Å²) >= 11 is 3.12. The summed E-state index contributed by atoms with van der Waals surface area (Å²) in [4.78, 5) is 11.9. The number of hydrogen-bond acceptors (Lipinski definition) is 2. The first-order valence-electron chi connectivity index (χ1n) is 6.53. The molecule has 0 radical (unpaired) electrons. The average molecular weight is 366 g/mol. The number of nitrogens with two attached hydrogens (primary N) is 1. The van der Waals surface area contributed by atoms with Crippen LogP contribution in [0.15, 0.2) is 22.7 Å². The van der Waals surface area contributed by atoms with E-state index in [1.807, 2.05) is 0 Å². The molecule has 3 nitrogen and oxygen atoms in total. The molecular formula is C14H19BrClFN2O. The van der Waals surface area contributed by atoms with Crippen molar-refractivity contribution in [1.82, 2.24) is 5.32 Å². The predicted molar refractivity (Wildman–Crippen MR) is 83.4 cm³/mol. The molecule has 1 saturated carbocycles. The van der Waals surface area contributed by atoms with Crippen LogP contribution in [-0.2, 0) is 11.2 Å². The average Bonchev–Trinajstić information content (AvgIpc) is 2.37. The lowest BCUT2D eigenvalue weighted by atomic mass is 9.91. The van der Waals surface area contributed by atoms with Crippen LogP contribution in [0.5, 0.6) is 0 Å². The molecule has 1 aliphatic carbocycles. The van der Waals surface area contributed by atoms with Crippen molar-refractivity contribution >= 4 is 34.2 Å². The molecule has 0 bridgehead atoms. The molecule has 6 heteroatoms. The van der Waals surface area contributed by atoms with Gasteiger partial charge in [-0.1, -0.05) is 6.07 Å². The van der Waals surface area contributed by atoms with Gasteiger partial charge in [0.1, 0.15) is 5.82 Å². The zero-order chi connectivity index (χ0) is 13.8. The van der Waals surface area contributed by atoms with Crippen molar-refractivity contribution < 1.29 is 9.18 Å². The van der Waals surface area contributed by atoms with Crippen LogP contribution >= 0.6 is 28.3 Å². The van der Waals surface area contributed by atoms with Crippen molar-refractivity contribution in [2.75, 3.05) is 0 Å². The fourth-order valence-electron chi connectivity index (χ4n) is 2.38. The van der Waals surface area contributed by atoms with E-state index in [1.54, 1.807) is 12.1 Å². The molecule has 0 aromatic heterocycles. The Morgan fingerprint density at radius 3 is 2.60 bits per heavy atom. The molecular weight excluding hydrogens is 347 g/mol. The highest BCUT2D eigenvalue weighted by molar-refractivity contribution is 9.10. The van der Waals surface area contributed by atoms with Gasteiger partial charge in [-0.05, 0) is 59.3 Å². The van der Waals surface area contributed by atoms with E-state index in [0.29, 0.717) is 4.47 Å². The van der Waals surface area contributed by atoms with E-state index in [1.165, 1.54) is 6.07 Å². The topological polar surface area (TPSA) is 55.1 Å². The summed E-state index contributed by atoms with van der Waals surface area (Å²) in [6.07, 6.45) is 4.10. The van der Waals surface area contributed by atoms with Gasteiger partial charge in [-0.2, -0.15) is 0 Å². The van der Waals surface area contributed by atoms with E-state index >= 15 is 0 Å². The molecule has 1 amide bonds. The maximum absolute atomic E-state index is 13.1. The van der Waals surface area contributed by atoms with Crippen LogP contribution < -0.4 is 11.1 Å². The zero-order valence-electron chi connectivity index (χ0n) is 11.1. The number of carbonyl (C=O) groups excluding carboxylic acids is 1. The van der Waals surface area contributed by atoms with Gasteiger partial charge in [-0.25, -0.2) is 4.39 Å². The summed E-state index contributed by atoms with van der Waals surface area (Å²) in [6, 6.07) is 5.16. The van der Waals surface area contributed by atoms with Crippen LogP contribution in [-0.4, -0.2) is 18.0 Å². The minimum Gasteiger partial charge on any atom is -0.353 e.